The van der Waals surface area contributed by atoms with Gasteiger partial charge in [0.15, 0.2) is 5.13 Å². The largest absolute Gasteiger partial charge is 0.476 e. The average Bonchev–Trinajstić information content (AvgIpc) is 2.86. The Morgan fingerprint density at radius 3 is 3.00 bits per heavy atom. The third-order valence-corrected chi connectivity index (χ3v) is 3.15. The highest BCUT2D eigenvalue weighted by molar-refractivity contribution is 7.14. The van der Waals surface area contributed by atoms with E-state index in [1.807, 2.05) is 0 Å². The molecule has 20 heavy (non-hydrogen) atoms. The van der Waals surface area contributed by atoms with Gasteiger partial charge in [0, 0.05) is 5.38 Å². The molecule has 0 saturated heterocycles. The molecule has 8 heteroatoms. The number of hydrogen-bond donors (Lipinski definition) is 2. The standard InChI is InChI=1S/C12H17N3O4S/c1-2-3-4-5-6-19-15-10(11(17)18)9-7-20-12(14-9)13-8-16/h7-8H,2-6H2,1H3,(H,17,18)(H,13,14,16)/b15-10+. The van der Waals surface area contributed by atoms with Gasteiger partial charge in [-0.2, -0.15) is 0 Å². The van der Waals surface area contributed by atoms with Gasteiger partial charge in [0.1, 0.15) is 12.3 Å². The Morgan fingerprint density at radius 2 is 2.35 bits per heavy atom. The Labute approximate surface area is 120 Å². The first kappa shape index (κ1) is 16.1. The molecule has 1 rings (SSSR count). The van der Waals surface area contributed by atoms with Crippen LogP contribution in [0.15, 0.2) is 10.5 Å². The smallest absolute Gasteiger partial charge is 0.360 e. The highest BCUT2D eigenvalue weighted by Crippen LogP contribution is 2.15. The van der Waals surface area contributed by atoms with Crippen molar-refractivity contribution in [3.05, 3.63) is 11.1 Å². The fourth-order valence-electron chi connectivity index (χ4n) is 1.40. The first-order chi connectivity index (χ1) is 9.69. The third-order valence-electron chi connectivity index (χ3n) is 2.38. The number of carbonyl (C=O) groups is 2. The molecule has 0 aliphatic carbocycles. The van der Waals surface area contributed by atoms with Gasteiger partial charge in [-0.15, -0.1) is 11.3 Å². The third kappa shape index (κ3) is 5.35. The molecule has 0 aliphatic heterocycles. The maximum atomic E-state index is 11.1. The molecule has 0 aliphatic rings. The maximum absolute atomic E-state index is 11.1. The number of oxime groups is 1. The Hall–Kier alpha value is -1.96. The number of aliphatic carboxylic acids is 1. The van der Waals surface area contributed by atoms with Gasteiger partial charge in [-0.05, 0) is 12.8 Å². The topological polar surface area (TPSA) is 101 Å². The van der Waals surface area contributed by atoms with Gasteiger partial charge in [0.25, 0.3) is 0 Å². The molecule has 0 radical (unpaired) electrons. The Bertz CT molecular complexity index is 473. The van der Waals surface area contributed by atoms with Crippen LogP contribution in [0.3, 0.4) is 0 Å². The number of thiazole rings is 1. The van der Waals surface area contributed by atoms with Crippen LogP contribution in [0.4, 0.5) is 5.13 Å². The van der Waals surface area contributed by atoms with Gasteiger partial charge in [-0.3, -0.25) is 4.79 Å². The molecule has 0 saturated carbocycles. The van der Waals surface area contributed by atoms with Crippen LogP contribution < -0.4 is 5.32 Å². The molecule has 0 atom stereocenters. The number of anilines is 1. The highest BCUT2D eigenvalue weighted by Gasteiger charge is 2.17. The monoisotopic (exact) mass is 299 g/mol. The lowest BCUT2D eigenvalue weighted by Crippen LogP contribution is -2.16. The molecule has 0 bridgehead atoms. The molecule has 1 heterocycles. The summed E-state index contributed by atoms with van der Waals surface area (Å²) in [5, 5.41) is 16.8. The van der Waals surface area contributed by atoms with E-state index < -0.39 is 5.97 Å². The molecule has 0 unspecified atom stereocenters. The Kier molecular flexibility index (Phi) is 7.26. The number of unbranched alkanes of at least 4 members (excludes halogenated alkanes) is 3. The zero-order valence-corrected chi connectivity index (χ0v) is 12.0. The Balaban J connectivity index is 2.58. The number of amides is 1. The van der Waals surface area contributed by atoms with Crippen LogP contribution >= 0.6 is 11.3 Å². The van der Waals surface area contributed by atoms with Crippen molar-refractivity contribution in [1.82, 2.24) is 4.98 Å². The molecule has 7 nitrogen and oxygen atoms in total. The van der Waals surface area contributed by atoms with Crippen LogP contribution in [0.5, 0.6) is 0 Å². The number of hydrogen-bond acceptors (Lipinski definition) is 6. The highest BCUT2D eigenvalue weighted by atomic mass is 32.1. The van der Waals surface area contributed by atoms with E-state index in [4.69, 9.17) is 9.94 Å². The number of nitrogens with zero attached hydrogens (tertiary/aromatic N) is 2. The van der Waals surface area contributed by atoms with Crippen molar-refractivity contribution in [2.75, 3.05) is 11.9 Å². The van der Waals surface area contributed by atoms with Gasteiger partial charge in [0.2, 0.25) is 12.1 Å². The van der Waals surface area contributed by atoms with Crippen LogP contribution in [-0.2, 0) is 14.4 Å². The van der Waals surface area contributed by atoms with E-state index in [1.165, 1.54) is 5.38 Å². The quantitative estimate of drug-likeness (QED) is 0.298. The van der Waals surface area contributed by atoms with E-state index in [-0.39, 0.29) is 11.4 Å². The second-order valence-electron chi connectivity index (χ2n) is 3.94. The molecule has 1 aromatic heterocycles. The van der Waals surface area contributed by atoms with Crippen molar-refractivity contribution < 1.29 is 19.5 Å². The van der Waals surface area contributed by atoms with Crippen molar-refractivity contribution in [2.24, 2.45) is 5.16 Å². The second kappa shape index (κ2) is 9.03. The minimum absolute atomic E-state index is 0.167. The molecular weight excluding hydrogens is 282 g/mol. The zero-order valence-electron chi connectivity index (χ0n) is 11.2. The first-order valence-corrected chi connectivity index (χ1v) is 7.16. The first-order valence-electron chi connectivity index (χ1n) is 6.28. The van der Waals surface area contributed by atoms with Crippen LogP contribution in [0, 0.1) is 0 Å². The SMILES string of the molecule is CCCCCCO/N=C(/C(=O)O)c1csc(NC=O)n1. The van der Waals surface area contributed by atoms with E-state index in [1.54, 1.807) is 0 Å². The van der Waals surface area contributed by atoms with Crippen molar-refractivity contribution in [3.63, 3.8) is 0 Å². The second-order valence-corrected chi connectivity index (χ2v) is 4.80. The summed E-state index contributed by atoms with van der Waals surface area (Å²) in [5.41, 5.74) is -0.101. The number of carbonyl (C=O) groups excluding carboxylic acids is 1. The summed E-state index contributed by atoms with van der Waals surface area (Å²) in [5.74, 6) is -1.22. The fraction of sp³-hybridized carbons (Fsp3) is 0.500. The molecule has 0 fully saturated rings. The van der Waals surface area contributed by atoms with Crippen molar-refractivity contribution in [2.45, 2.75) is 32.6 Å². The summed E-state index contributed by atoms with van der Waals surface area (Å²) in [4.78, 5) is 30.3. The predicted molar refractivity (Wildman–Crippen MR) is 76.1 cm³/mol. The molecule has 0 spiro atoms. The van der Waals surface area contributed by atoms with Crippen molar-refractivity contribution >= 4 is 34.6 Å². The number of carboxylic acids is 1. The van der Waals surface area contributed by atoms with Gasteiger partial charge < -0.3 is 15.3 Å². The molecule has 1 amide bonds. The van der Waals surface area contributed by atoms with Crippen molar-refractivity contribution in [3.8, 4) is 0 Å². The summed E-state index contributed by atoms with van der Waals surface area (Å²) in [6, 6.07) is 0. The Morgan fingerprint density at radius 1 is 1.55 bits per heavy atom. The normalized spacial score (nSPS) is 11.2. The van der Waals surface area contributed by atoms with Gasteiger partial charge in [0.05, 0.1) is 0 Å². The molecule has 2 N–H and O–H groups in total. The summed E-state index contributed by atoms with van der Waals surface area (Å²) >= 11 is 1.12. The molecule has 110 valence electrons. The summed E-state index contributed by atoms with van der Waals surface area (Å²) in [6.07, 6.45) is 4.57. The van der Waals surface area contributed by atoms with Crippen LogP contribution in [0.25, 0.3) is 0 Å². The minimum Gasteiger partial charge on any atom is -0.476 e. The van der Waals surface area contributed by atoms with E-state index in [0.717, 1.165) is 37.0 Å². The molecular formula is C12H17N3O4S. The van der Waals surface area contributed by atoms with E-state index >= 15 is 0 Å². The lowest BCUT2D eigenvalue weighted by molar-refractivity contribution is -0.129. The number of nitrogens with one attached hydrogen (secondary N) is 1. The maximum Gasteiger partial charge on any atom is 0.360 e. The minimum atomic E-state index is -1.22. The zero-order chi connectivity index (χ0) is 14.8. The van der Waals surface area contributed by atoms with E-state index in [0.29, 0.717) is 18.1 Å². The lowest BCUT2D eigenvalue weighted by atomic mass is 10.2. The molecule has 0 aromatic carbocycles. The number of carboxylic acid groups (broad SMARTS) is 1. The summed E-state index contributed by atoms with van der Waals surface area (Å²) in [7, 11) is 0. The number of aromatic nitrogens is 1. The van der Waals surface area contributed by atoms with Gasteiger partial charge in [-0.1, -0.05) is 24.9 Å². The van der Waals surface area contributed by atoms with E-state index in [2.05, 4.69) is 22.4 Å². The van der Waals surface area contributed by atoms with Gasteiger partial charge in [-0.25, -0.2) is 9.78 Å². The fourth-order valence-corrected chi connectivity index (χ4v) is 2.05. The number of rotatable bonds is 10. The predicted octanol–water partition coefficient (Wildman–Crippen LogP) is 2.10. The summed E-state index contributed by atoms with van der Waals surface area (Å²) in [6.45, 7) is 2.48. The van der Waals surface area contributed by atoms with Gasteiger partial charge >= 0.3 is 5.97 Å². The van der Waals surface area contributed by atoms with Crippen LogP contribution in [0.1, 0.15) is 38.3 Å². The van der Waals surface area contributed by atoms with E-state index in [9.17, 15) is 9.59 Å². The van der Waals surface area contributed by atoms with Crippen LogP contribution in [-0.4, -0.2) is 34.8 Å². The summed E-state index contributed by atoms with van der Waals surface area (Å²) < 4.78 is 0. The average molecular weight is 299 g/mol. The van der Waals surface area contributed by atoms with Crippen molar-refractivity contribution in [1.29, 1.82) is 0 Å². The lowest BCUT2D eigenvalue weighted by Gasteiger charge is -2.00. The molecule has 1 aromatic rings. The van der Waals surface area contributed by atoms with Crippen LogP contribution in [0.2, 0.25) is 0 Å².